The van der Waals surface area contributed by atoms with Crippen LogP contribution in [0.1, 0.15) is 12.8 Å². The number of anilines is 1. The summed E-state index contributed by atoms with van der Waals surface area (Å²) in [5.74, 6) is -0.664. The van der Waals surface area contributed by atoms with E-state index in [1.54, 1.807) is 7.11 Å². The van der Waals surface area contributed by atoms with Crippen molar-refractivity contribution in [1.29, 1.82) is 0 Å². The average Bonchev–Trinajstić information content (AvgIpc) is 2.32. The van der Waals surface area contributed by atoms with E-state index in [1.807, 2.05) is 0 Å². The molecule has 1 atom stereocenters. The first kappa shape index (κ1) is 15.1. The van der Waals surface area contributed by atoms with E-state index in [-0.39, 0.29) is 11.7 Å². The predicted molar refractivity (Wildman–Crippen MR) is 71.8 cm³/mol. The maximum Gasteiger partial charge on any atom is 0.241 e. The first-order valence-electron chi connectivity index (χ1n) is 5.55. The van der Waals surface area contributed by atoms with Gasteiger partial charge in [0.15, 0.2) is 0 Å². The van der Waals surface area contributed by atoms with Crippen LogP contribution < -0.4 is 11.1 Å². The highest BCUT2D eigenvalue weighted by atomic mass is 79.9. The summed E-state index contributed by atoms with van der Waals surface area (Å²) in [6.45, 7) is 0.571. The molecule has 4 nitrogen and oxygen atoms in total. The molecule has 0 saturated heterocycles. The molecule has 3 N–H and O–H groups in total. The molecule has 1 unspecified atom stereocenters. The van der Waals surface area contributed by atoms with Gasteiger partial charge in [0.1, 0.15) is 5.82 Å². The summed E-state index contributed by atoms with van der Waals surface area (Å²) in [5.41, 5.74) is 6.23. The minimum absolute atomic E-state index is 0.293. The van der Waals surface area contributed by atoms with Crippen LogP contribution in [0, 0.1) is 5.82 Å². The normalized spacial score (nSPS) is 12.2. The molecule has 0 saturated carbocycles. The average molecular weight is 319 g/mol. The number of amides is 1. The lowest BCUT2D eigenvalue weighted by molar-refractivity contribution is -0.117. The van der Waals surface area contributed by atoms with E-state index in [1.165, 1.54) is 18.2 Å². The first-order valence-corrected chi connectivity index (χ1v) is 6.34. The Balaban J connectivity index is 2.53. The van der Waals surface area contributed by atoms with Crippen molar-refractivity contribution in [2.75, 3.05) is 19.0 Å². The van der Waals surface area contributed by atoms with E-state index in [9.17, 15) is 9.18 Å². The van der Waals surface area contributed by atoms with E-state index >= 15 is 0 Å². The standard InChI is InChI=1S/C12H16BrFN2O2/c1-18-6-2-3-10(15)12(17)16-11-5-4-8(14)7-9(11)13/h4-5,7,10H,2-3,6,15H2,1H3,(H,16,17). The molecule has 0 aliphatic heterocycles. The Kier molecular flexibility index (Phi) is 6.24. The monoisotopic (exact) mass is 318 g/mol. The van der Waals surface area contributed by atoms with Gasteiger partial charge in [0, 0.05) is 18.2 Å². The number of ether oxygens (including phenoxy) is 1. The van der Waals surface area contributed by atoms with Crippen LogP contribution in [0.25, 0.3) is 0 Å². The minimum Gasteiger partial charge on any atom is -0.385 e. The molecule has 100 valence electrons. The highest BCUT2D eigenvalue weighted by Crippen LogP contribution is 2.23. The molecule has 6 heteroatoms. The zero-order chi connectivity index (χ0) is 13.5. The lowest BCUT2D eigenvalue weighted by Crippen LogP contribution is -2.35. The van der Waals surface area contributed by atoms with Crippen molar-refractivity contribution < 1.29 is 13.9 Å². The van der Waals surface area contributed by atoms with Crippen molar-refractivity contribution >= 4 is 27.5 Å². The third kappa shape index (κ3) is 4.72. The summed E-state index contributed by atoms with van der Waals surface area (Å²) in [6.07, 6.45) is 1.26. The second-order valence-electron chi connectivity index (χ2n) is 3.85. The Hall–Kier alpha value is -0.980. The van der Waals surface area contributed by atoms with Gasteiger partial charge in [-0.15, -0.1) is 0 Å². The van der Waals surface area contributed by atoms with Crippen LogP contribution in [-0.2, 0) is 9.53 Å². The minimum atomic E-state index is -0.600. The van der Waals surface area contributed by atoms with E-state index in [4.69, 9.17) is 10.5 Å². The fraction of sp³-hybridized carbons (Fsp3) is 0.417. The van der Waals surface area contributed by atoms with Crippen molar-refractivity contribution in [1.82, 2.24) is 0 Å². The third-order valence-electron chi connectivity index (χ3n) is 2.39. The van der Waals surface area contributed by atoms with Gasteiger partial charge >= 0.3 is 0 Å². The molecule has 0 radical (unpaired) electrons. The molecule has 0 spiro atoms. The number of hydrogen-bond donors (Lipinski definition) is 2. The maximum atomic E-state index is 12.9. The molecule has 0 bridgehead atoms. The fourth-order valence-corrected chi connectivity index (χ4v) is 1.84. The zero-order valence-electron chi connectivity index (χ0n) is 10.1. The summed E-state index contributed by atoms with van der Waals surface area (Å²) in [4.78, 5) is 11.8. The highest BCUT2D eigenvalue weighted by molar-refractivity contribution is 9.10. The molecular weight excluding hydrogens is 303 g/mol. The van der Waals surface area contributed by atoms with Crippen molar-refractivity contribution in [2.45, 2.75) is 18.9 Å². The summed E-state index contributed by atoms with van der Waals surface area (Å²) >= 11 is 3.17. The molecule has 0 aliphatic carbocycles. The van der Waals surface area contributed by atoms with Gasteiger partial charge in [-0.1, -0.05) is 0 Å². The summed E-state index contributed by atoms with van der Waals surface area (Å²) in [7, 11) is 1.60. The van der Waals surface area contributed by atoms with Crippen LogP contribution in [0.2, 0.25) is 0 Å². The van der Waals surface area contributed by atoms with Crippen LogP contribution in [0.4, 0.5) is 10.1 Å². The number of halogens is 2. The summed E-state index contributed by atoms with van der Waals surface area (Å²) < 4.78 is 18.2. The maximum absolute atomic E-state index is 12.9. The number of benzene rings is 1. The lowest BCUT2D eigenvalue weighted by Gasteiger charge is -2.13. The Morgan fingerprint density at radius 2 is 2.33 bits per heavy atom. The molecule has 1 amide bonds. The lowest BCUT2D eigenvalue weighted by atomic mass is 10.1. The van der Waals surface area contributed by atoms with E-state index in [0.717, 1.165) is 6.42 Å². The number of rotatable bonds is 6. The van der Waals surface area contributed by atoms with Gasteiger partial charge in [-0.2, -0.15) is 0 Å². The van der Waals surface area contributed by atoms with E-state index in [2.05, 4.69) is 21.2 Å². The molecule has 0 aromatic heterocycles. The van der Waals surface area contributed by atoms with Gasteiger partial charge in [-0.3, -0.25) is 4.79 Å². The van der Waals surface area contributed by atoms with Crippen molar-refractivity contribution in [3.8, 4) is 0 Å². The van der Waals surface area contributed by atoms with Gasteiger partial charge in [0.05, 0.1) is 11.7 Å². The number of nitrogens with two attached hydrogens (primary N) is 1. The quantitative estimate of drug-likeness (QED) is 0.791. The summed E-state index contributed by atoms with van der Waals surface area (Å²) in [6, 6.07) is 3.44. The highest BCUT2D eigenvalue weighted by Gasteiger charge is 2.14. The van der Waals surface area contributed by atoms with Gasteiger partial charge in [-0.25, -0.2) is 4.39 Å². The zero-order valence-corrected chi connectivity index (χ0v) is 11.7. The first-order chi connectivity index (χ1) is 8.54. The Morgan fingerprint density at radius 1 is 1.61 bits per heavy atom. The molecule has 0 heterocycles. The number of methoxy groups -OCH3 is 1. The molecule has 18 heavy (non-hydrogen) atoms. The summed E-state index contributed by atoms with van der Waals surface area (Å²) in [5, 5.41) is 2.65. The van der Waals surface area contributed by atoms with Crippen molar-refractivity contribution in [2.24, 2.45) is 5.73 Å². The molecule has 0 aliphatic rings. The van der Waals surface area contributed by atoms with Gasteiger partial charge in [-0.05, 0) is 47.0 Å². The Labute approximate surface area is 114 Å². The van der Waals surface area contributed by atoms with Gasteiger partial charge in [0.25, 0.3) is 0 Å². The van der Waals surface area contributed by atoms with Crippen LogP contribution in [0.5, 0.6) is 0 Å². The molecule has 1 aromatic rings. The Morgan fingerprint density at radius 3 is 2.94 bits per heavy atom. The topological polar surface area (TPSA) is 64.3 Å². The van der Waals surface area contributed by atoms with Crippen LogP contribution in [0.3, 0.4) is 0 Å². The van der Waals surface area contributed by atoms with Crippen molar-refractivity contribution in [3.63, 3.8) is 0 Å². The largest absolute Gasteiger partial charge is 0.385 e. The van der Waals surface area contributed by atoms with Crippen LogP contribution in [0.15, 0.2) is 22.7 Å². The second kappa shape index (κ2) is 7.45. The number of hydrogen-bond acceptors (Lipinski definition) is 3. The van der Waals surface area contributed by atoms with Crippen LogP contribution in [-0.4, -0.2) is 25.7 Å². The van der Waals surface area contributed by atoms with Crippen LogP contribution >= 0.6 is 15.9 Å². The number of nitrogens with one attached hydrogen (secondary N) is 1. The third-order valence-corrected chi connectivity index (χ3v) is 3.05. The number of carbonyl (C=O) groups is 1. The fourth-order valence-electron chi connectivity index (χ4n) is 1.39. The molecular formula is C12H16BrFN2O2. The molecule has 0 fully saturated rings. The smallest absolute Gasteiger partial charge is 0.241 e. The second-order valence-corrected chi connectivity index (χ2v) is 4.71. The van der Waals surface area contributed by atoms with Crippen molar-refractivity contribution in [3.05, 3.63) is 28.5 Å². The SMILES string of the molecule is COCCCC(N)C(=O)Nc1ccc(F)cc1Br. The predicted octanol–water partition coefficient (Wildman–Crippen LogP) is 2.28. The Bertz CT molecular complexity index is 415. The molecule has 1 rings (SSSR count). The molecule has 1 aromatic carbocycles. The number of carbonyl (C=O) groups excluding carboxylic acids is 1. The van der Waals surface area contributed by atoms with Gasteiger partial charge < -0.3 is 15.8 Å². The van der Waals surface area contributed by atoms with Gasteiger partial charge in [0.2, 0.25) is 5.91 Å². The van der Waals surface area contributed by atoms with E-state index < -0.39 is 6.04 Å². The van der Waals surface area contributed by atoms with E-state index in [0.29, 0.717) is 23.2 Å².